The molecular formula is C14H28N4O4S. The van der Waals surface area contributed by atoms with Crippen LogP contribution < -0.4 is 15.8 Å². The summed E-state index contributed by atoms with van der Waals surface area (Å²) in [7, 11) is -3.99. The highest BCUT2D eigenvalue weighted by atomic mass is 32.2. The number of nitrogens with zero attached hydrogens (tertiary/aromatic N) is 1. The molecule has 3 amide bonds. The number of nitrogens with one attached hydrogen (secondary N) is 2. The number of piperidine rings is 1. The maximum absolute atomic E-state index is 11.4. The summed E-state index contributed by atoms with van der Waals surface area (Å²) in [4.78, 5) is 24.5. The number of amides is 3. The second-order valence-electron chi connectivity index (χ2n) is 6.30. The monoisotopic (exact) mass is 348 g/mol. The third-order valence-corrected chi connectivity index (χ3v) is 5.20. The quantitative estimate of drug-likeness (QED) is 0.533. The number of rotatable bonds is 8. The van der Waals surface area contributed by atoms with Gasteiger partial charge in [0.15, 0.2) is 0 Å². The molecule has 1 aliphatic heterocycles. The zero-order chi connectivity index (χ0) is 17.5. The van der Waals surface area contributed by atoms with Gasteiger partial charge in [-0.05, 0) is 58.5 Å². The molecule has 1 rings (SSSR count). The highest BCUT2D eigenvalue weighted by Gasteiger charge is 2.20. The maximum Gasteiger partial charge on any atom is 0.328 e. The molecule has 0 unspecified atom stereocenters. The van der Waals surface area contributed by atoms with Crippen LogP contribution in [0.15, 0.2) is 0 Å². The van der Waals surface area contributed by atoms with E-state index in [-0.39, 0.29) is 0 Å². The van der Waals surface area contributed by atoms with Crippen LogP contribution >= 0.6 is 0 Å². The van der Waals surface area contributed by atoms with Crippen molar-refractivity contribution in [1.29, 1.82) is 0 Å². The number of carbonyl (C=O) groups excluding carboxylic acids is 2. The standard InChI is InChI=1S/C14H28N4O4S/c1-11(2)18-8-5-12(6-9-18)4-3-7-16-14(20)17-23(21,22)10-13(15)19/h11-12H,3-10H2,1-2H3,(H2,15,19)(H2,16,17,20). The Morgan fingerprint density at radius 1 is 1.26 bits per heavy atom. The number of primary amides is 1. The van der Waals surface area contributed by atoms with Crippen LogP contribution in [0.25, 0.3) is 0 Å². The number of urea groups is 1. The van der Waals surface area contributed by atoms with Gasteiger partial charge in [-0.25, -0.2) is 17.9 Å². The minimum absolute atomic E-state index is 0.405. The average Bonchev–Trinajstić information content (AvgIpc) is 2.42. The molecule has 1 heterocycles. The third kappa shape index (κ3) is 8.17. The SMILES string of the molecule is CC(C)N1CCC(CCCNC(=O)NS(=O)(=O)CC(N)=O)CC1. The van der Waals surface area contributed by atoms with Crippen LogP contribution in [0.4, 0.5) is 4.79 Å². The first-order chi connectivity index (χ1) is 10.7. The van der Waals surface area contributed by atoms with Crippen molar-refractivity contribution in [3.8, 4) is 0 Å². The molecule has 0 atom stereocenters. The van der Waals surface area contributed by atoms with Crippen molar-refractivity contribution in [1.82, 2.24) is 14.9 Å². The summed E-state index contributed by atoms with van der Waals surface area (Å²) in [6, 6.07) is -0.232. The highest BCUT2D eigenvalue weighted by Crippen LogP contribution is 2.22. The Morgan fingerprint density at radius 3 is 2.39 bits per heavy atom. The van der Waals surface area contributed by atoms with Gasteiger partial charge in [0.05, 0.1) is 0 Å². The smallest absolute Gasteiger partial charge is 0.328 e. The molecule has 0 aromatic heterocycles. The Labute approximate surface area is 138 Å². The van der Waals surface area contributed by atoms with Gasteiger partial charge in [-0.2, -0.15) is 0 Å². The van der Waals surface area contributed by atoms with Gasteiger partial charge >= 0.3 is 6.03 Å². The number of carbonyl (C=O) groups is 2. The van der Waals surface area contributed by atoms with E-state index >= 15 is 0 Å². The summed E-state index contributed by atoms with van der Waals surface area (Å²) >= 11 is 0. The van der Waals surface area contributed by atoms with E-state index in [0.29, 0.717) is 18.5 Å². The molecule has 1 fully saturated rings. The number of sulfonamides is 1. The minimum Gasteiger partial charge on any atom is -0.369 e. The summed E-state index contributed by atoms with van der Waals surface area (Å²) in [5, 5.41) is 2.49. The van der Waals surface area contributed by atoms with E-state index in [1.54, 1.807) is 4.72 Å². The number of hydrogen-bond donors (Lipinski definition) is 3. The predicted molar refractivity (Wildman–Crippen MR) is 88.2 cm³/mol. The van der Waals surface area contributed by atoms with E-state index in [1.807, 2.05) is 0 Å². The molecule has 9 heteroatoms. The molecule has 0 radical (unpaired) electrons. The molecule has 0 aromatic rings. The Bertz CT molecular complexity index is 499. The van der Waals surface area contributed by atoms with Crippen molar-refractivity contribution in [2.75, 3.05) is 25.4 Å². The maximum atomic E-state index is 11.4. The summed E-state index contributed by atoms with van der Waals surface area (Å²) < 4.78 is 24.4. The molecule has 1 aliphatic rings. The first-order valence-electron chi connectivity index (χ1n) is 8.00. The van der Waals surface area contributed by atoms with Crippen LogP contribution in [-0.2, 0) is 14.8 Å². The largest absolute Gasteiger partial charge is 0.369 e. The topological polar surface area (TPSA) is 122 Å². The lowest BCUT2D eigenvalue weighted by Crippen LogP contribution is -2.43. The van der Waals surface area contributed by atoms with Crippen molar-refractivity contribution < 1.29 is 18.0 Å². The van der Waals surface area contributed by atoms with E-state index < -0.39 is 27.7 Å². The van der Waals surface area contributed by atoms with Gasteiger partial charge in [-0.1, -0.05) is 0 Å². The van der Waals surface area contributed by atoms with Crippen molar-refractivity contribution in [3.63, 3.8) is 0 Å². The molecule has 134 valence electrons. The molecule has 0 aromatic carbocycles. The zero-order valence-corrected chi connectivity index (χ0v) is 14.7. The minimum atomic E-state index is -3.99. The summed E-state index contributed by atoms with van der Waals surface area (Å²) in [5.41, 5.74) is 4.79. The van der Waals surface area contributed by atoms with Crippen LogP contribution in [0.1, 0.15) is 39.5 Å². The molecule has 0 saturated carbocycles. The van der Waals surface area contributed by atoms with E-state index in [9.17, 15) is 18.0 Å². The fraction of sp³-hybridized carbons (Fsp3) is 0.857. The second kappa shape index (κ2) is 9.07. The van der Waals surface area contributed by atoms with Gasteiger partial charge in [0.1, 0.15) is 5.75 Å². The van der Waals surface area contributed by atoms with Crippen molar-refractivity contribution in [2.24, 2.45) is 11.7 Å². The van der Waals surface area contributed by atoms with Crippen molar-refractivity contribution in [2.45, 2.75) is 45.6 Å². The normalized spacial score (nSPS) is 17.2. The number of nitrogens with two attached hydrogens (primary N) is 1. The first kappa shape index (κ1) is 19.7. The Kier molecular flexibility index (Phi) is 7.77. The molecule has 0 spiro atoms. The Hall–Kier alpha value is -1.35. The molecule has 4 N–H and O–H groups in total. The van der Waals surface area contributed by atoms with Crippen LogP contribution in [0.3, 0.4) is 0 Å². The Balaban J connectivity index is 2.16. The second-order valence-corrected chi connectivity index (χ2v) is 8.02. The average molecular weight is 348 g/mol. The van der Waals surface area contributed by atoms with E-state index in [1.165, 1.54) is 0 Å². The molecular weight excluding hydrogens is 320 g/mol. The summed E-state index contributed by atoms with van der Waals surface area (Å²) in [6.07, 6.45) is 4.14. The molecule has 0 aliphatic carbocycles. The van der Waals surface area contributed by atoms with Gasteiger partial charge in [0.2, 0.25) is 15.9 Å². The van der Waals surface area contributed by atoms with Gasteiger partial charge in [0, 0.05) is 12.6 Å². The summed E-state index contributed by atoms with van der Waals surface area (Å²) in [6.45, 7) is 7.04. The third-order valence-electron chi connectivity index (χ3n) is 4.03. The van der Waals surface area contributed by atoms with Crippen LogP contribution in [0.5, 0.6) is 0 Å². The summed E-state index contributed by atoms with van der Waals surface area (Å²) in [5.74, 6) is -1.24. The van der Waals surface area contributed by atoms with Gasteiger partial charge in [0.25, 0.3) is 0 Å². The zero-order valence-electron chi connectivity index (χ0n) is 13.9. The van der Waals surface area contributed by atoms with Gasteiger partial charge < -0.3 is 16.0 Å². The fourth-order valence-corrected chi connectivity index (χ4v) is 3.55. The van der Waals surface area contributed by atoms with E-state index in [2.05, 4.69) is 24.1 Å². The number of likely N-dealkylation sites (tertiary alicyclic amines) is 1. The van der Waals surface area contributed by atoms with Crippen molar-refractivity contribution in [3.05, 3.63) is 0 Å². The lowest BCUT2D eigenvalue weighted by Gasteiger charge is -2.34. The first-order valence-corrected chi connectivity index (χ1v) is 9.65. The highest BCUT2D eigenvalue weighted by molar-refractivity contribution is 7.90. The van der Waals surface area contributed by atoms with E-state index in [0.717, 1.165) is 38.8 Å². The fourth-order valence-electron chi connectivity index (χ4n) is 2.75. The van der Waals surface area contributed by atoms with Gasteiger partial charge in [-0.15, -0.1) is 0 Å². The molecule has 23 heavy (non-hydrogen) atoms. The molecule has 8 nitrogen and oxygen atoms in total. The van der Waals surface area contributed by atoms with Gasteiger partial charge in [-0.3, -0.25) is 4.79 Å². The van der Waals surface area contributed by atoms with Crippen molar-refractivity contribution >= 4 is 22.0 Å². The molecule has 1 saturated heterocycles. The predicted octanol–water partition coefficient (Wildman–Crippen LogP) is 0.00130. The number of hydrogen-bond acceptors (Lipinski definition) is 5. The Morgan fingerprint density at radius 2 is 1.87 bits per heavy atom. The van der Waals surface area contributed by atoms with E-state index in [4.69, 9.17) is 5.73 Å². The van der Waals surface area contributed by atoms with Crippen LogP contribution in [0.2, 0.25) is 0 Å². The van der Waals surface area contributed by atoms with Crippen LogP contribution in [0, 0.1) is 5.92 Å². The van der Waals surface area contributed by atoms with Crippen LogP contribution in [-0.4, -0.2) is 56.7 Å². The lowest BCUT2D eigenvalue weighted by atomic mass is 9.91. The lowest BCUT2D eigenvalue weighted by molar-refractivity contribution is -0.115. The molecule has 0 bridgehead atoms.